The summed E-state index contributed by atoms with van der Waals surface area (Å²) in [6.07, 6.45) is 2.03. The Balaban J connectivity index is 1.85. The van der Waals surface area contributed by atoms with Crippen molar-refractivity contribution in [1.82, 2.24) is 15.1 Å². The Morgan fingerprint density at radius 2 is 1.63 bits per heavy atom. The zero-order valence-corrected chi connectivity index (χ0v) is 12.2. The third-order valence-electron chi connectivity index (χ3n) is 3.88. The summed E-state index contributed by atoms with van der Waals surface area (Å²) in [5.74, 6) is 0.388. The van der Waals surface area contributed by atoms with Crippen LogP contribution in [0.3, 0.4) is 0 Å². The SMILES string of the molecule is CC(C)(C)C(=O)N1CCN(C(=O)C2CCCN2)CC1. The van der Waals surface area contributed by atoms with Crippen molar-refractivity contribution < 1.29 is 9.59 Å². The minimum atomic E-state index is -0.334. The number of amides is 2. The lowest BCUT2D eigenvalue weighted by atomic mass is 9.94. The average Bonchev–Trinajstić information content (AvgIpc) is 2.90. The zero-order valence-electron chi connectivity index (χ0n) is 12.2. The Morgan fingerprint density at radius 3 is 2.11 bits per heavy atom. The van der Waals surface area contributed by atoms with E-state index in [1.165, 1.54) is 0 Å². The van der Waals surface area contributed by atoms with E-state index < -0.39 is 0 Å². The monoisotopic (exact) mass is 267 g/mol. The lowest BCUT2D eigenvalue weighted by Crippen LogP contribution is -2.55. The van der Waals surface area contributed by atoms with E-state index in [4.69, 9.17) is 0 Å². The summed E-state index contributed by atoms with van der Waals surface area (Å²) in [5.41, 5.74) is -0.334. The maximum atomic E-state index is 12.2. The van der Waals surface area contributed by atoms with Gasteiger partial charge in [0.15, 0.2) is 0 Å². The topological polar surface area (TPSA) is 52.7 Å². The van der Waals surface area contributed by atoms with Crippen molar-refractivity contribution in [3.05, 3.63) is 0 Å². The molecule has 5 nitrogen and oxygen atoms in total. The number of nitrogens with zero attached hydrogens (tertiary/aromatic N) is 2. The van der Waals surface area contributed by atoms with Crippen molar-refractivity contribution in [3.8, 4) is 0 Å². The predicted molar refractivity (Wildman–Crippen MR) is 73.6 cm³/mol. The Kier molecular flexibility index (Phi) is 4.13. The second-order valence-corrected chi connectivity index (χ2v) is 6.52. The first-order valence-electron chi connectivity index (χ1n) is 7.21. The summed E-state index contributed by atoms with van der Waals surface area (Å²) >= 11 is 0. The maximum Gasteiger partial charge on any atom is 0.239 e. The van der Waals surface area contributed by atoms with Crippen LogP contribution in [0.4, 0.5) is 0 Å². The van der Waals surface area contributed by atoms with Gasteiger partial charge in [-0.2, -0.15) is 0 Å². The van der Waals surface area contributed by atoms with Crippen molar-refractivity contribution in [2.75, 3.05) is 32.7 Å². The summed E-state index contributed by atoms with van der Waals surface area (Å²) in [7, 11) is 0. The fourth-order valence-electron chi connectivity index (χ4n) is 2.72. The van der Waals surface area contributed by atoms with Gasteiger partial charge < -0.3 is 15.1 Å². The molecule has 0 saturated carbocycles. The molecular weight excluding hydrogens is 242 g/mol. The number of nitrogens with one attached hydrogen (secondary N) is 1. The van der Waals surface area contributed by atoms with Crippen molar-refractivity contribution in [2.45, 2.75) is 39.7 Å². The second-order valence-electron chi connectivity index (χ2n) is 6.52. The first-order valence-corrected chi connectivity index (χ1v) is 7.21. The van der Waals surface area contributed by atoms with Crippen LogP contribution in [0.5, 0.6) is 0 Å². The first-order chi connectivity index (χ1) is 8.89. The van der Waals surface area contributed by atoms with Crippen molar-refractivity contribution in [2.24, 2.45) is 5.41 Å². The highest BCUT2D eigenvalue weighted by atomic mass is 16.2. The second kappa shape index (κ2) is 5.49. The summed E-state index contributed by atoms with van der Waals surface area (Å²) in [4.78, 5) is 28.2. The van der Waals surface area contributed by atoms with Gasteiger partial charge in [0.25, 0.3) is 0 Å². The van der Waals surface area contributed by atoms with Gasteiger partial charge in [0, 0.05) is 31.6 Å². The van der Waals surface area contributed by atoms with E-state index in [2.05, 4.69) is 5.32 Å². The fourth-order valence-corrected chi connectivity index (χ4v) is 2.72. The molecule has 2 rings (SSSR count). The smallest absolute Gasteiger partial charge is 0.239 e. The number of rotatable bonds is 1. The van der Waals surface area contributed by atoms with Crippen LogP contribution in [0.25, 0.3) is 0 Å². The van der Waals surface area contributed by atoms with Crippen LogP contribution >= 0.6 is 0 Å². The summed E-state index contributed by atoms with van der Waals surface area (Å²) < 4.78 is 0. The Morgan fingerprint density at radius 1 is 1.05 bits per heavy atom. The summed E-state index contributed by atoms with van der Waals surface area (Å²) in [6, 6.07) is 0.00451. The molecular formula is C14H25N3O2. The molecule has 0 spiro atoms. The van der Waals surface area contributed by atoms with E-state index in [9.17, 15) is 9.59 Å². The lowest BCUT2D eigenvalue weighted by molar-refractivity contribution is -0.145. The van der Waals surface area contributed by atoms with E-state index >= 15 is 0 Å². The van der Waals surface area contributed by atoms with Gasteiger partial charge in [-0.05, 0) is 19.4 Å². The number of carbonyl (C=O) groups excluding carboxylic acids is 2. The Hall–Kier alpha value is -1.10. The molecule has 0 aliphatic carbocycles. The van der Waals surface area contributed by atoms with Gasteiger partial charge >= 0.3 is 0 Å². The molecule has 0 aromatic rings. The minimum absolute atomic E-state index is 0.00451. The predicted octanol–water partition coefficient (Wildman–Crippen LogP) is 0.455. The molecule has 5 heteroatoms. The molecule has 2 fully saturated rings. The maximum absolute atomic E-state index is 12.2. The number of carbonyl (C=O) groups is 2. The van der Waals surface area contributed by atoms with E-state index in [0.717, 1.165) is 19.4 Å². The molecule has 1 atom stereocenters. The standard InChI is InChI=1S/C14H25N3O2/c1-14(2,3)13(19)17-9-7-16(8-10-17)12(18)11-5-4-6-15-11/h11,15H,4-10H2,1-3H3. The highest BCUT2D eigenvalue weighted by molar-refractivity contribution is 5.84. The molecule has 2 amide bonds. The number of hydrogen-bond acceptors (Lipinski definition) is 3. The van der Waals surface area contributed by atoms with Gasteiger partial charge in [-0.3, -0.25) is 9.59 Å². The molecule has 0 bridgehead atoms. The quantitative estimate of drug-likeness (QED) is 0.751. The third kappa shape index (κ3) is 3.26. The summed E-state index contributed by atoms with van der Waals surface area (Å²) in [6.45, 7) is 9.42. The van der Waals surface area contributed by atoms with Gasteiger partial charge in [0.05, 0.1) is 6.04 Å². The molecule has 2 aliphatic rings. The highest BCUT2D eigenvalue weighted by Crippen LogP contribution is 2.19. The molecule has 2 heterocycles. The zero-order chi connectivity index (χ0) is 14.0. The van der Waals surface area contributed by atoms with Gasteiger partial charge in [0.2, 0.25) is 11.8 Å². The highest BCUT2D eigenvalue weighted by Gasteiger charge is 2.33. The molecule has 1 unspecified atom stereocenters. The van der Waals surface area contributed by atoms with Crippen LogP contribution in [-0.2, 0) is 9.59 Å². The molecule has 0 radical (unpaired) electrons. The molecule has 2 saturated heterocycles. The van der Waals surface area contributed by atoms with Gasteiger partial charge in [-0.25, -0.2) is 0 Å². The fraction of sp³-hybridized carbons (Fsp3) is 0.857. The van der Waals surface area contributed by atoms with Crippen molar-refractivity contribution >= 4 is 11.8 Å². The van der Waals surface area contributed by atoms with Crippen LogP contribution < -0.4 is 5.32 Å². The number of piperazine rings is 1. The first kappa shape index (κ1) is 14.3. The van der Waals surface area contributed by atoms with Crippen LogP contribution in [0.2, 0.25) is 0 Å². The molecule has 108 valence electrons. The Labute approximate surface area is 115 Å². The number of hydrogen-bond donors (Lipinski definition) is 1. The molecule has 0 aromatic carbocycles. The van der Waals surface area contributed by atoms with Crippen LogP contribution in [0, 0.1) is 5.41 Å². The molecule has 1 N–H and O–H groups in total. The largest absolute Gasteiger partial charge is 0.339 e. The van der Waals surface area contributed by atoms with E-state index in [-0.39, 0.29) is 23.3 Å². The van der Waals surface area contributed by atoms with E-state index in [1.54, 1.807) is 0 Å². The lowest BCUT2D eigenvalue weighted by Gasteiger charge is -2.38. The molecule has 19 heavy (non-hydrogen) atoms. The van der Waals surface area contributed by atoms with Crippen molar-refractivity contribution in [1.29, 1.82) is 0 Å². The van der Waals surface area contributed by atoms with Gasteiger partial charge in [-0.15, -0.1) is 0 Å². The molecule has 0 aromatic heterocycles. The van der Waals surface area contributed by atoms with E-state index in [0.29, 0.717) is 26.2 Å². The van der Waals surface area contributed by atoms with Crippen LogP contribution in [0.15, 0.2) is 0 Å². The van der Waals surface area contributed by atoms with E-state index in [1.807, 2.05) is 30.6 Å². The summed E-state index contributed by atoms with van der Waals surface area (Å²) in [5, 5.41) is 3.24. The van der Waals surface area contributed by atoms with Gasteiger partial charge in [-0.1, -0.05) is 20.8 Å². The normalized spacial score (nSPS) is 24.7. The minimum Gasteiger partial charge on any atom is -0.339 e. The molecule has 2 aliphatic heterocycles. The average molecular weight is 267 g/mol. The Bertz CT molecular complexity index is 348. The van der Waals surface area contributed by atoms with Crippen LogP contribution in [-0.4, -0.2) is 60.4 Å². The van der Waals surface area contributed by atoms with Crippen molar-refractivity contribution in [3.63, 3.8) is 0 Å². The van der Waals surface area contributed by atoms with Gasteiger partial charge in [0.1, 0.15) is 0 Å². The third-order valence-corrected chi connectivity index (χ3v) is 3.88. The van der Waals surface area contributed by atoms with Crippen LogP contribution in [0.1, 0.15) is 33.6 Å².